The fourth-order valence-corrected chi connectivity index (χ4v) is 2.88. The summed E-state index contributed by atoms with van der Waals surface area (Å²) in [4.78, 5) is 36.7. The Kier molecular flexibility index (Phi) is 9.14. The molecule has 0 aromatic heterocycles. The number of carbonyl (C=O) groups excluding carboxylic acids is 3. The van der Waals surface area contributed by atoms with Gasteiger partial charge in [-0.15, -0.1) is 0 Å². The number of hydroxylamine groups is 1. The number of ether oxygens (including phenoxy) is 2. The maximum Gasteiger partial charge on any atom is 0.251 e. The first kappa shape index (κ1) is 23.2. The monoisotopic (exact) mass is 414 g/mol. The Balaban J connectivity index is 2.04. The van der Waals surface area contributed by atoms with E-state index in [2.05, 4.69) is 5.32 Å². The quantitative estimate of drug-likeness (QED) is 0.171. The van der Waals surface area contributed by atoms with Gasteiger partial charge >= 0.3 is 0 Å². The summed E-state index contributed by atoms with van der Waals surface area (Å²) in [7, 11) is 1.48. The molecule has 2 rings (SSSR count). The number of carbonyl (C=O) groups is 3. The Bertz CT molecular complexity index is 838. The van der Waals surface area contributed by atoms with Gasteiger partial charge in [-0.2, -0.15) is 0 Å². The van der Waals surface area contributed by atoms with Crippen LogP contribution in [0.5, 0.6) is 0 Å². The molecule has 0 radical (unpaired) electrons. The third-order valence-corrected chi connectivity index (χ3v) is 4.50. The van der Waals surface area contributed by atoms with E-state index in [0.717, 1.165) is 0 Å². The Morgan fingerprint density at radius 3 is 2.17 bits per heavy atom. The van der Waals surface area contributed by atoms with Crippen LogP contribution in [0.25, 0.3) is 0 Å². The molecule has 0 aliphatic carbocycles. The minimum Gasteiger partial charge on any atom is -0.359 e. The number of methoxy groups -OCH3 is 1. The Morgan fingerprint density at radius 1 is 0.967 bits per heavy atom. The third kappa shape index (κ3) is 6.77. The topological polar surface area (TPSA) is 114 Å². The van der Waals surface area contributed by atoms with E-state index in [1.54, 1.807) is 60.9 Å². The predicted octanol–water partition coefficient (Wildman–Crippen LogP) is 2.17. The molecule has 30 heavy (non-hydrogen) atoms. The second-order valence-corrected chi connectivity index (χ2v) is 6.83. The van der Waals surface area contributed by atoms with Gasteiger partial charge in [-0.1, -0.05) is 49.4 Å². The normalized spacial score (nSPS) is 12.6. The van der Waals surface area contributed by atoms with Gasteiger partial charge in [0.15, 0.2) is 5.78 Å². The lowest BCUT2D eigenvalue weighted by molar-refractivity contribution is -0.133. The van der Waals surface area contributed by atoms with Crippen molar-refractivity contribution in [1.29, 1.82) is 0 Å². The van der Waals surface area contributed by atoms with Gasteiger partial charge in [-0.05, 0) is 18.6 Å². The smallest absolute Gasteiger partial charge is 0.251 e. The van der Waals surface area contributed by atoms with Crippen LogP contribution in [0.2, 0.25) is 0 Å². The van der Waals surface area contributed by atoms with Crippen molar-refractivity contribution in [2.75, 3.05) is 20.5 Å². The summed E-state index contributed by atoms with van der Waals surface area (Å²) >= 11 is 0. The molecule has 0 aliphatic heterocycles. The summed E-state index contributed by atoms with van der Waals surface area (Å²) in [5.74, 6) is -1.59. The average molecular weight is 414 g/mol. The highest BCUT2D eigenvalue weighted by molar-refractivity contribution is 6.09. The first-order valence-electron chi connectivity index (χ1n) is 9.47. The van der Waals surface area contributed by atoms with Crippen LogP contribution in [-0.4, -0.2) is 49.4 Å². The van der Waals surface area contributed by atoms with Crippen LogP contribution in [0.15, 0.2) is 54.6 Å². The number of ketones is 1. The molecule has 160 valence electrons. The van der Waals surface area contributed by atoms with Crippen LogP contribution in [0.1, 0.15) is 39.6 Å². The van der Waals surface area contributed by atoms with Crippen LogP contribution in [0.4, 0.5) is 0 Å². The Morgan fingerprint density at radius 2 is 1.57 bits per heavy atom. The van der Waals surface area contributed by atoms with E-state index in [1.807, 2.05) is 6.07 Å². The van der Waals surface area contributed by atoms with Gasteiger partial charge in [0.2, 0.25) is 5.91 Å². The zero-order valence-electron chi connectivity index (χ0n) is 17.0. The van der Waals surface area contributed by atoms with Crippen molar-refractivity contribution in [3.05, 3.63) is 71.3 Å². The molecule has 0 saturated carbocycles. The summed E-state index contributed by atoms with van der Waals surface area (Å²) in [5, 5.41) is 11.6. The highest BCUT2D eigenvalue weighted by atomic mass is 16.7. The Hall–Kier alpha value is -3.07. The molecule has 8 nitrogen and oxygen atoms in total. The van der Waals surface area contributed by atoms with Gasteiger partial charge in [0.1, 0.15) is 6.79 Å². The molecular formula is C22H26N2O6. The summed E-state index contributed by atoms with van der Waals surface area (Å²) in [6.45, 7) is 1.81. The molecular weight excluding hydrogens is 388 g/mol. The van der Waals surface area contributed by atoms with Gasteiger partial charge in [0, 0.05) is 29.7 Å². The maximum absolute atomic E-state index is 12.6. The minimum atomic E-state index is -0.551. The molecule has 0 aliphatic rings. The lowest BCUT2D eigenvalue weighted by Gasteiger charge is -2.21. The van der Waals surface area contributed by atoms with Crippen molar-refractivity contribution in [2.24, 2.45) is 5.92 Å². The molecule has 2 aromatic carbocycles. The summed E-state index contributed by atoms with van der Waals surface area (Å²) in [5.41, 5.74) is 3.02. The molecule has 8 heteroatoms. The minimum absolute atomic E-state index is 0.0449. The van der Waals surface area contributed by atoms with Crippen LogP contribution in [0.3, 0.4) is 0 Å². The van der Waals surface area contributed by atoms with E-state index in [-0.39, 0.29) is 31.5 Å². The van der Waals surface area contributed by atoms with Crippen molar-refractivity contribution in [3.8, 4) is 0 Å². The first-order valence-corrected chi connectivity index (χ1v) is 9.47. The lowest BCUT2D eigenvalue weighted by Crippen LogP contribution is -2.41. The van der Waals surface area contributed by atoms with Gasteiger partial charge < -0.3 is 14.8 Å². The second kappa shape index (κ2) is 11.8. The van der Waals surface area contributed by atoms with E-state index in [0.29, 0.717) is 16.7 Å². The van der Waals surface area contributed by atoms with E-state index >= 15 is 0 Å². The molecule has 0 saturated heterocycles. The van der Waals surface area contributed by atoms with Crippen molar-refractivity contribution in [2.45, 2.75) is 19.4 Å². The van der Waals surface area contributed by atoms with Gasteiger partial charge in [0.05, 0.1) is 12.6 Å². The molecule has 0 bridgehead atoms. The van der Waals surface area contributed by atoms with Crippen LogP contribution < -0.4 is 10.8 Å². The van der Waals surface area contributed by atoms with E-state index in [4.69, 9.17) is 14.7 Å². The van der Waals surface area contributed by atoms with Crippen molar-refractivity contribution in [3.63, 3.8) is 0 Å². The Labute approximate surface area is 175 Å². The molecule has 2 atom stereocenters. The highest BCUT2D eigenvalue weighted by Gasteiger charge is 2.21. The number of nitrogens with one attached hydrogen (secondary N) is 2. The number of rotatable bonds is 11. The number of amides is 2. The van der Waals surface area contributed by atoms with Crippen LogP contribution in [0, 0.1) is 5.92 Å². The maximum atomic E-state index is 12.6. The highest BCUT2D eigenvalue weighted by Crippen LogP contribution is 2.13. The number of benzene rings is 2. The third-order valence-electron chi connectivity index (χ3n) is 4.50. The standard InChI is InChI=1S/C22H26N2O6/c1-15(21(26)24-28)12-19(13-30-14-29-2)23-22(27)18-10-8-17(9-11-18)20(25)16-6-4-3-5-7-16/h3-11,15,19,28H,12-14H2,1-2H3,(H,23,27)(H,24,26)/t15-,19-/m0/s1. The molecule has 2 aromatic rings. The van der Waals surface area contributed by atoms with Crippen LogP contribution in [-0.2, 0) is 14.3 Å². The zero-order valence-corrected chi connectivity index (χ0v) is 17.0. The van der Waals surface area contributed by atoms with Crippen molar-refractivity contribution >= 4 is 17.6 Å². The van der Waals surface area contributed by atoms with Gasteiger partial charge in [-0.3, -0.25) is 19.6 Å². The predicted molar refractivity (Wildman–Crippen MR) is 109 cm³/mol. The molecule has 0 spiro atoms. The second-order valence-electron chi connectivity index (χ2n) is 6.83. The first-order chi connectivity index (χ1) is 14.5. The number of hydrogen-bond donors (Lipinski definition) is 3. The summed E-state index contributed by atoms with van der Waals surface area (Å²) < 4.78 is 10.2. The zero-order chi connectivity index (χ0) is 21.9. The molecule has 2 amide bonds. The molecule has 0 unspecified atom stereocenters. The van der Waals surface area contributed by atoms with Gasteiger partial charge in [0.25, 0.3) is 5.91 Å². The average Bonchev–Trinajstić information content (AvgIpc) is 2.78. The fraction of sp³-hybridized carbons (Fsp3) is 0.318. The largest absolute Gasteiger partial charge is 0.359 e. The lowest BCUT2D eigenvalue weighted by atomic mass is 10.00. The van der Waals surface area contributed by atoms with E-state index < -0.39 is 17.9 Å². The fourth-order valence-electron chi connectivity index (χ4n) is 2.88. The van der Waals surface area contributed by atoms with Crippen molar-refractivity contribution < 1.29 is 29.1 Å². The van der Waals surface area contributed by atoms with E-state index in [1.165, 1.54) is 7.11 Å². The molecule has 0 heterocycles. The van der Waals surface area contributed by atoms with Gasteiger partial charge in [-0.25, -0.2) is 5.48 Å². The summed E-state index contributed by atoms with van der Waals surface area (Å²) in [6, 6.07) is 14.7. The molecule has 3 N–H and O–H groups in total. The summed E-state index contributed by atoms with van der Waals surface area (Å²) in [6.07, 6.45) is 0.256. The van der Waals surface area contributed by atoms with Crippen LogP contribution >= 0.6 is 0 Å². The number of hydrogen-bond acceptors (Lipinski definition) is 6. The SMILES string of the molecule is COCOC[C@H](C[C@H](C)C(=O)NO)NC(=O)c1ccc(C(=O)c2ccccc2)cc1. The van der Waals surface area contributed by atoms with E-state index in [9.17, 15) is 14.4 Å². The molecule has 0 fully saturated rings. The van der Waals surface area contributed by atoms with Crippen molar-refractivity contribution in [1.82, 2.24) is 10.8 Å².